The van der Waals surface area contributed by atoms with E-state index in [-0.39, 0.29) is 0 Å². The lowest BCUT2D eigenvalue weighted by molar-refractivity contribution is 0.138. The topological polar surface area (TPSA) is 21.3 Å². The molecule has 0 aromatic rings. The van der Waals surface area contributed by atoms with Gasteiger partial charge in [-0.15, -0.1) is 0 Å². The van der Waals surface area contributed by atoms with Gasteiger partial charge in [-0.1, -0.05) is 27.2 Å². The minimum Gasteiger partial charge on any atom is -0.383 e. The van der Waals surface area contributed by atoms with E-state index in [1.54, 1.807) is 7.11 Å². The molecule has 0 bridgehead atoms. The maximum Gasteiger partial charge on any atom is 0.0615 e. The van der Waals surface area contributed by atoms with E-state index >= 15 is 0 Å². The summed E-state index contributed by atoms with van der Waals surface area (Å²) in [4.78, 5) is 0. The maximum atomic E-state index is 5.28. The summed E-state index contributed by atoms with van der Waals surface area (Å²) in [7, 11) is 1.80. The minimum atomic E-state index is 0.557. The molecule has 1 N–H and O–H groups in total. The van der Waals surface area contributed by atoms with Gasteiger partial charge in [0.2, 0.25) is 0 Å². The zero-order valence-electron chi connectivity index (χ0n) is 11.5. The third-order valence-corrected chi connectivity index (χ3v) is 3.82. The molecule has 0 saturated heterocycles. The van der Waals surface area contributed by atoms with Crippen molar-refractivity contribution in [2.75, 3.05) is 13.7 Å². The van der Waals surface area contributed by atoms with Crippen LogP contribution in [0.4, 0.5) is 0 Å². The van der Waals surface area contributed by atoms with E-state index in [0.717, 1.165) is 12.6 Å². The first-order chi connectivity index (χ1) is 7.57. The van der Waals surface area contributed by atoms with Crippen LogP contribution >= 0.6 is 0 Å². The second kappa shape index (κ2) is 6.61. The van der Waals surface area contributed by atoms with Gasteiger partial charge in [-0.2, -0.15) is 0 Å². The molecule has 0 radical (unpaired) electrons. The van der Waals surface area contributed by atoms with Crippen LogP contribution in [0.2, 0.25) is 0 Å². The SMILES string of the molecule is CCCC(COC)NC1CCC(C)(C)CC1. The number of nitrogens with one attached hydrogen (secondary N) is 1. The van der Waals surface area contributed by atoms with Crippen LogP contribution in [0.3, 0.4) is 0 Å². The summed E-state index contributed by atoms with van der Waals surface area (Å²) in [6, 6.07) is 1.28. The molecule has 0 amide bonds. The first-order valence-corrected chi connectivity index (χ1v) is 6.82. The number of rotatable bonds is 6. The molecule has 0 aromatic heterocycles. The molecule has 0 heterocycles. The van der Waals surface area contributed by atoms with E-state index < -0.39 is 0 Å². The Balaban J connectivity index is 2.30. The van der Waals surface area contributed by atoms with Gasteiger partial charge in [0.05, 0.1) is 6.61 Å². The summed E-state index contributed by atoms with van der Waals surface area (Å²) in [5, 5.41) is 3.77. The highest BCUT2D eigenvalue weighted by molar-refractivity contribution is 4.84. The molecule has 2 heteroatoms. The monoisotopic (exact) mass is 227 g/mol. The first kappa shape index (κ1) is 14.0. The van der Waals surface area contributed by atoms with E-state index in [1.807, 2.05) is 0 Å². The number of hydrogen-bond acceptors (Lipinski definition) is 2. The van der Waals surface area contributed by atoms with Crippen LogP contribution in [0.5, 0.6) is 0 Å². The first-order valence-electron chi connectivity index (χ1n) is 6.82. The van der Waals surface area contributed by atoms with Crippen LogP contribution < -0.4 is 5.32 Å². The molecule has 1 saturated carbocycles. The summed E-state index contributed by atoms with van der Waals surface area (Å²) < 4.78 is 5.28. The standard InChI is InChI=1S/C14H29NO/c1-5-6-13(11-16-4)15-12-7-9-14(2,3)10-8-12/h12-13,15H,5-11H2,1-4H3. The highest BCUT2D eigenvalue weighted by Gasteiger charge is 2.27. The number of ether oxygens (including phenoxy) is 1. The Morgan fingerprint density at radius 3 is 2.44 bits per heavy atom. The molecular weight excluding hydrogens is 198 g/mol. The zero-order valence-corrected chi connectivity index (χ0v) is 11.5. The molecule has 0 spiro atoms. The Hall–Kier alpha value is -0.0800. The normalized spacial score (nSPS) is 23.2. The minimum absolute atomic E-state index is 0.557. The molecule has 1 atom stereocenters. The lowest BCUT2D eigenvalue weighted by Gasteiger charge is -2.36. The third kappa shape index (κ3) is 4.84. The summed E-state index contributed by atoms with van der Waals surface area (Å²) >= 11 is 0. The van der Waals surface area contributed by atoms with Crippen molar-refractivity contribution in [1.29, 1.82) is 0 Å². The summed E-state index contributed by atoms with van der Waals surface area (Å²) in [5.74, 6) is 0. The van der Waals surface area contributed by atoms with Crippen molar-refractivity contribution < 1.29 is 4.74 Å². The van der Waals surface area contributed by atoms with Gasteiger partial charge in [0, 0.05) is 19.2 Å². The van der Waals surface area contributed by atoms with Crippen LogP contribution in [0.25, 0.3) is 0 Å². The van der Waals surface area contributed by atoms with Crippen molar-refractivity contribution in [3.63, 3.8) is 0 Å². The van der Waals surface area contributed by atoms with Crippen LogP contribution in [0.15, 0.2) is 0 Å². The average Bonchev–Trinajstić information content (AvgIpc) is 2.22. The Kier molecular flexibility index (Phi) is 5.77. The van der Waals surface area contributed by atoms with Crippen LogP contribution in [0, 0.1) is 5.41 Å². The van der Waals surface area contributed by atoms with Crippen molar-refractivity contribution >= 4 is 0 Å². The predicted molar refractivity (Wildman–Crippen MR) is 69.7 cm³/mol. The van der Waals surface area contributed by atoms with E-state index in [1.165, 1.54) is 38.5 Å². The third-order valence-electron chi connectivity index (χ3n) is 3.82. The molecule has 16 heavy (non-hydrogen) atoms. The van der Waals surface area contributed by atoms with Gasteiger partial charge in [-0.05, 0) is 37.5 Å². The Morgan fingerprint density at radius 1 is 1.31 bits per heavy atom. The van der Waals surface area contributed by atoms with Crippen molar-refractivity contribution in [1.82, 2.24) is 5.32 Å². The maximum absolute atomic E-state index is 5.28. The lowest BCUT2D eigenvalue weighted by atomic mass is 9.75. The molecule has 1 unspecified atom stereocenters. The fourth-order valence-corrected chi connectivity index (χ4v) is 2.66. The number of hydrogen-bond donors (Lipinski definition) is 1. The lowest BCUT2D eigenvalue weighted by Crippen LogP contribution is -2.43. The smallest absolute Gasteiger partial charge is 0.0615 e. The molecule has 1 fully saturated rings. The van der Waals surface area contributed by atoms with E-state index in [0.29, 0.717) is 11.5 Å². The quantitative estimate of drug-likeness (QED) is 0.751. The van der Waals surface area contributed by atoms with Crippen molar-refractivity contribution in [3.05, 3.63) is 0 Å². The van der Waals surface area contributed by atoms with E-state index in [4.69, 9.17) is 4.74 Å². The Labute approximate surface area is 101 Å². The molecule has 0 aliphatic heterocycles. The van der Waals surface area contributed by atoms with Gasteiger partial charge in [0.1, 0.15) is 0 Å². The van der Waals surface area contributed by atoms with Crippen molar-refractivity contribution in [2.45, 2.75) is 71.4 Å². The second-order valence-corrected chi connectivity index (χ2v) is 6.05. The molecule has 1 aliphatic rings. The van der Waals surface area contributed by atoms with Crippen molar-refractivity contribution in [3.8, 4) is 0 Å². The van der Waals surface area contributed by atoms with E-state index in [9.17, 15) is 0 Å². The predicted octanol–water partition coefficient (Wildman–Crippen LogP) is 3.36. The fraction of sp³-hybridized carbons (Fsp3) is 1.00. The van der Waals surface area contributed by atoms with Gasteiger partial charge in [-0.25, -0.2) is 0 Å². The molecule has 1 aliphatic carbocycles. The van der Waals surface area contributed by atoms with Crippen LogP contribution in [-0.4, -0.2) is 25.8 Å². The van der Waals surface area contributed by atoms with Crippen LogP contribution in [0.1, 0.15) is 59.3 Å². The summed E-state index contributed by atoms with van der Waals surface area (Å²) in [5.41, 5.74) is 0.569. The summed E-state index contributed by atoms with van der Waals surface area (Å²) in [6.07, 6.45) is 7.84. The molecule has 1 rings (SSSR count). The molecular formula is C14H29NO. The zero-order chi connectivity index (χ0) is 12.0. The van der Waals surface area contributed by atoms with Gasteiger partial charge in [-0.3, -0.25) is 0 Å². The van der Waals surface area contributed by atoms with Gasteiger partial charge in [0.25, 0.3) is 0 Å². The van der Waals surface area contributed by atoms with E-state index in [2.05, 4.69) is 26.1 Å². The van der Waals surface area contributed by atoms with Crippen LogP contribution in [-0.2, 0) is 4.74 Å². The van der Waals surface area contributed by atoms with Gasteiger partial charge in [0.15, 0.2) is 0 Å². The van der Waals surface area contributed by atoms with Crippen molar-refractivity contribution in [2.24, 2.45) is 5.41 Å². The molecule has 0 aromatic carbocycles. The average molecular weight is 227 g/mol. The summed E-state index contributed by atoms with van der Waals surface area (Å²) in [6.45, 7) is 7.88. The van der Waals surface area contributed by atoms with Gasteiger partial charge < -0.3 is 10.1 Å². The Morgan fingerprint density at radius 2 is 1.94 bits per heavy atom. The largest absolute Gasteiger partial charge is 0.383 e. The fourth-order valence-electron chi connectivity index (χ4n) is 2.66. The highest BCUT2D eigenvalue weighted by Crippen LogP contribution is 2.35. The molecule has 96 valence electrons. The van der Waals surface area contributed by atoms with Gasteiger partial charge >= 0.3 is 0 Å². The highest BCUT2D eigenvalue weighted by atomic mass is 16.5. The number of methoxy groups -OCH3 is 1. The second-order valence-electron chi connectivity index (χ2n) is 6.05. The molecule has 2 nitrogen and oxygen atoms in total. The Bertz CT molecular complexity index is 175.